The molecule has 0 aromatic carbocycles. The quantitative estimate of drug-likeness (QED) is 0.559. The second kappa shape index (κ2) is 7.49. The molecular formula is C9H17N3O4. The van der Waals surface area contributed by atoms with Gasteiger partial charge in [-0.25, -0.2) is 4.79 Å². The first-order chi connectivity index (χ1) is 7.43. The van der Waals surface area contributed by atoms with Crippen molar-refractivity contribution in [3.63, 3.8) is 0 Å². The minimum atomic E-state index is -0.969. The molecule has 0 bridgehead atoms. The predicted molar refractivity (Wildman–Crippen MR) is 57.0 cm³/mol. The topological polar surface area (TPSA) is 98.7 Å². The van der Waals surface area contributed by atoms with E-state index in [4.69, 9.17) is 5.11 Å². The second-order valence-corrected chi connectivity index (χ2v) is 3.36. The van der Waals surface area contributed by atoms with Gasteiger partial charge in [-0.2, -0.15) is 0 Å². The fraction of sp³-hybridized carbons (Fsp3) is 0.667. The summed E-state index contributed by atoms with van der Waals surface area (Å²) in [5.74, 6) is -1.05. The Balaban J connectivity index is 3.51. The van der Waals surface area contributed by atoms with Crippen LogP contribution in [0.1, 0.15) is 12.8 Å². The number of nitrogens with one attached hydrogen (secondary N) is 2. The van der Waals surface area contributed by atoms with Crippen molar-refractivity contribution in [3.05, 3.63) is 0 Å². The molecule has 0 saturated carbocycles. The van der Waals surface area contributed by atoms with E-state index in [-0.39, 0.29) is 31.8 Å². The van der Waals surface area contributed by atoms with Crippen LogP contribution in [-0.4, -0.2) is 55.1 Å². The maximum absolute atomic E-state index is 11.1. The van der Waals surface area contributed by atoms with Gasteiger partial charge in [-0.05, 0) is 0 Å². The van der Waals surface area contributed by atoms with Crippen LogP contribution >= 0.6 is 0 Å². The monoisotopic (exact) mass is 231 g/mol. The highest BCUT2D eigenvalue weighted by Crippen LogP contribution is 1.84. The molecule has 0 spiro atoms. The first-order valence-corrected chi connectivity index (χ1v) is 4.87. The molecule has 92 valence electrons. The van der Waals surface area contributed by atoms with Gasteiger partial charge in [0, 0.05) is 33.6 Å². The molecule has 0 aromatic heterocycles. The van der Waals surface area contributed by atoms with E-state index in [1.807, 2.05) is 0 Å². The van der Waals surface area contributed by atoms with E-state index < -0.39 is 12.0 Å². The van der Waals surface area contributed by atoms with Crippen molar-refractivity contribution < 1.29 is 19.5 Å². The number of rotatable bonds is 6. The minimum Gasteiger partial charge on any atom is -0.481 e. The van der Waals surface area contributed by atoms with Gasteiger partial charge < -0.3 is 20.6 Å². The first kappa shape index (κ1) is 14.2. The third-order valence-electron chi connectivity index (χ3n) is 1.75. The van der Waals surface area contributed by atoms with Crippen LogP contribution in [-0.2, 0) is 9.59 Å². The smallest absolute Gasteiger partial charge is 0.314 e. The molecule has 16 heavy (non-hydrogen) atoms. The van der Waals surface area contributed by atoms with E-state index in [0.717, 1.165) is 0 Å². The molecule has 0 heterocycles. The average Bonchev–Trinajstić information content (AvgIpc) is 2.16. The zero-order valence-electron chi connectivity index (χ0n) is 9.45. The Kier molecular flexibility index (Phi) is 6.66. The van der Waals surface area contributed by atoms with Crippen LogP contribution in [0.15, 0.2) is 0 Å². The zero-order chi connectivity index (χ0) is 12.6. The number of urea groups is 1. The number of amides is 3. The standard InChI is InChI=1S/C9H17N3O4/c1-12(2)7(13)3-5-10-9(16)11-6-4-8(14)15/h3-6H2,1-2H3,(H,14,15)(H2,10,11,16). The molecule has 0 saturated heterocycles. The van der Waals surface area contributed by atoms with Crippen molar-refractivity contribution in [3.8, 4) is 0 Å². The summed E-state index contributed by atoms with van der Waals surface area (Å²) in [4.78, 5) is 33.7. The first-order valence-electron chi connectivity index (χ1n) is 4.87. The highest BCUT2D eigenvalue weighted by atomic mass is 16.4. The number of carbonyl (C=O) groups excluding carboxylic acids is 2. The fourth-order valence-electron chi connectivity index (χ4n) is 0.852. The summed E-state index contributed by atoms with van der Waals surface area (Å²) >= 11 is 0. The molecule has 0 aromatic rings. The molecule has 3 N–H and O–H groups in total. The molecule has 0 rings (SSSR count). The summed E-state index contributed by atoms with van der Waals surface area (Å²) in [6.07, 6.45) is 0.101. The molecule has 0 aliphatic heterocycles. The SMILES string of the molecule is CN(C)C(=O)CCNC(=O)NCCC(=O)O. The van der Waals surface area contributed by atoms with Gasteiger partial charge >= 0.3 is 12.0 Å². The number of carboxylic acids is 1. The van der Waals surface area contributed by atoms with Crippen LogP contribution in [0.5, 0.6) is 0 Å². The van der Waals surface area contributed by atoms with E-state index in [1.165, 1.54) is 4.90 Å². The van der Waals surface area contributed by atoms with Gasteiger partial charge in [0.15, 0.2) is 0 Å². The lowest BCUT2D eigenvalue weighted by atomic mass is 10.4. The second-order valence-electron chi connectivity index (χ2n) is 3.36. The average molecular weight is 231 g/mol. The lowest BCUT2D eigenvalue weighted by Gasteiger charge is -2.10. The van der Waals surface area contributed by atoms with Crippen LogP contribution in [0.3, 0.4) is 0 Å². The largest absolute Gasteiger partial charge is 0.481 e. The van der Waals surface area contributed by atoms with Crippen molar-refractivity contribution >= 4 is 17.9 Å². The maximum atomic E-state index is 11.1. The van der Waals surface area contributed by atoms with E-state index in [1.54, 1.807) is 14.1 Å². The summed E-state index contributed by atoms with van der Waals surface area (Å²) in [7, 11) is 3.27. The van der Waals surface area contributed by atoms with Crippen LogP contribution in [0.25, 0.3) is 0 Å². The van der Waals surface area contributed by atoms with E-state index in [9.17, 15) is 14.4 Å². The third-order valence-corrected chi connectivity index (χ3v) is 1.75. The molecule has 0 unspecified atom stereocenters. The lowest BCUT2D eigenvalue weighted by Crippen LogP contribution is -2.38. The summed E-state index contributed by atoms with van der Waals surface area (Å²) in [5.41, 5.74) is 0. The van der Waals surface area contributed by atoms with Crippen LogP contribution < -0.4 is 10.6 Å². The maximum Gasteiger partial charge on any atom is 0.314 e. The Morgan fingerprint density at radius 3 is 2.00 bits per heavy atom. The molecule has 0 aliphatic carbocycles. The Labute approximate surface area is 93.8 Å². The molecule has 7 nitrogen and oxygen atoms in total. The fourth-order valence-corrected chi connectivity index (χ4v) is 0.852. The number of carboxylic acid groups (broad SMARTS) is 1. The third kappa shape index (κ3) is 7.60. The molecule has 0 radical (unpaired) electrons. The summed E-state index contributed by atoms with van der Waals surface area (Å²) in [6.45, 7) is 0.304. The molecular weight excluding hydrogens is 214 g/mol. The van der Waals surface area contributed by atoms with E-state index in [0.29, 0.717) is 0 Å². The van der Waals surface area contributed by atoms with Crippen LogP contribution in [0.2, 0.25) is 0 Å². The van der Waals surface area contributed by atoms with Crippen molar-refractivity contribution in [2.45, 2.75) is 12.8 Å². The zero-order valence-corrected chi connectivity index (χ0v) is 9.45. The van der Waals surface area contributed by atoms with Crippen molar-refractivity contribution in [2.24, 2.45) is 0 Å². The highest BCUT2D eigenvalue weighted by molar-refractivity contribution is 5.78. The van der Waals surface area contributed by atoms with Gasteiger partial charge in [-0.3, -0.25) is 9.59 Å². The van der Waals surface area contributed by atoms with E-state index in [2.05, 4.69) is 10.6 Å². The van der Waals surface area contributed by atoms with Gasteiger partial charge in [-0.1, -0.05) is 0 Å². The number of aliphatic carboxylic acids is 1. The number of carbonyl (C=O) groups is 3. The molecule has 0 aliphatic rings. The van der Waals surface area contributed by atoms with Gasteiger partial charge in [0.05, 0.1) is 6.42 Å². The van der Waals surface area contributed by atoms with Gasteiger partial charge in [-0.15, -0.1) is 0 Å². The van der Waals surface area contributed by atoms with Gasteiger partial charge in [0.1, 0.15) is 0 Å². The summed E-state index contributed by atoms with van der Waals surface area (Å²) in [5, 5.41) is 13.1. The molecule has 0 atom stereocenters. The van der Waals surface area contributed by atoms with Gasteiger partial charge in [0.2, 0.25) is 5.91 Å². The normalized spacial score (nSPS) is 9.38. The van der Waals surface area contributed by atoms with E-state index >= 15 is 0 Å². The van der Waals surface area contributed by atoms with Crippen LogP contribution in [0.4, 0.5) is 4.79 Å². The highest BCUT2D eigenvalue weighted by Gasteiger charge is 2.05. The number of nitrogens with zero attached hydrogens (tertiary/aromatic N) is 1. The Morgan fingerprint density at radius 1 is 1.06 bits per heavy atom. The Bertz CT molecular complexity index is 265. The molecule has 7 heteroatoms. The molecule has 0 fully saturated rings. The summed E-state index contributed by atoms with van der Waals surface area (Å²) < 4.78 is 0. The van der Waals surface area contributed by atoms with Crippen molar-refractivity contribution in [1.29, 1.82) is 0 Å². The Morgan fingerprint density at radius 2 is 1.56 bits per heavy atom. The number of hydrogen-bond donors (Lipinski definition) is 3. The van der Waals surface area contributed by atoms with Crippen molar-refractivity contribution in [1.82, 2.24) is 15.5 Å². The predicted octanol–water partition coefficient (Wildman–Crippen LogP) is -0.761. The van der Waals surface area contributed by atoms with Crippen LogP contribution in [0, 0.1) is 0 Å². The van der Waals surface area contributed by atoms with Crippen molar-refractivity contribution in [2.75, 3.05) is 27.2 Å². The summed E-state index contributed by atoms with van der Waals surface area (Å²) in [6, 6.07) is -0.465. The molecule has 3 amide bonds. The van der Waals surface area contributed by atoms with Gasteiger partial charge in [0.25, 0.3) is 0 Å². The Hall–Kier alpha value is -1.79. The lowest BCUT2D eigenvalue weighted by molar-refractivity contribution is -0.136. The minimum absolute atomic E-state index is 0.0722. The number of hydrogen-bond acceptors (Lipinski definition) is 3.